The van der Waals surface area contributed by atoms with Crippen molar-refractivity contribution in [3.05, 3.63) is 16.6 Å². The van der Waals surface area contributed by atoms with E-state index in [1.165, 1.54) is 0 Å². The fourth-order valence-corrected chi connectivity index (χ4v) is 4.03. The van der Waals surface area contributed by atoms with Crippen LogP contribution < -0.4 is 0 Å². The molecule has 3 heterocycles. The van der Waals surface area contributed by atoms with Gasteiger partial charge in [0.2, 0.25) is 0 Å². The highest BCUT2D eigenvalue weighted by molar-refractivity contribution is 7.09. The maximum Gasteiger partial charge on any atom is 0.319 e. The number of urea groups is 1. The normalized spacial score (nSPS) is 26.4. The predicted octanol–water partition coefficient (Wildman–Crippen LogP) is 1.35. The zero-order valence-corrected chi connectivity index (χ0v) is 14.1. The lowest BCUT2D eigenvalue weighted by molar-refractivity contribution is 0.0711. The van der Waals surface area contributed by atoms with Crippen LogP contribution in [0.3, 0.4) is 0 Å². The van der Waals surface area contributed by atoms with Crippen LogP contribution in [0.2, 0.25) is 0 Å². The van der Waals surface area contributed by atoms with Crippen molar-refractivity contribution in [2.45, 2.75) is 13.0 Å². The molecule has 6 nitrogen and oxygen atoms in total. The molecule has 0 aliphatic carbocycles. The van der Waals surface area contributed by atoms with Crippen molar-refractivity contribution in [3.8, 4) is 0 Å². The summed E-state index contributed by atoms with van der Waals surface area (Å²) < 4.78 is 5.82. The smallest absolute Gasteiger partial charge is 0.319 e. The lowest BCUT2D eigenvalue weighted by atomic mass is 9.87. The van der Waals surface area contributed by atoms with Crippen LogP contribution in [0.1, 0.15) is 11.4 Å². The molecule has 2 amide bonds. The summed E-state index contributed by atoms with van der Waals surface area (Å²) >= 11 is 1.70. The van der Waals surface area contributed by atoms with E-state index in [1.54, 1.807) is 16.2 Å². The van der Waals surface area contributed by atoms with E-state index >= 15 is 0 Å². The minimum atomic E-state index is 0.0689. The van der Waals surface area contributed by atoms with E-state index in [0.29, 0.717) is 13.2 Å². The van der Waals surface area contributed by atoms with Crippen molar-refractivity contribution in [3.63, 3.8) is 0 Å². The van der Waals surface area contributed by atoms with Gasteiger partial charge in [0.25, 0.3) is 0 Å². The van der Waals surface area contributed by atoms with Crippen molar-refractivity contribution in [2.24, 2.45) is 5.41 Å². The van der Waals surface area contributed by atoms with E-state index < -0.39 is 0 Å². The van der Waals surface area contributed by atoms with Crippen LogP contribution in [0.4, 0.5) is 4.79 Å². The molecule has 0 unspecified atom stereocenters. The number of amides is 2. The second-order valence-electron chi connectivity index (χ2n) is 6.54. The molecule has 122 valence electrons. The Morgan fingerprint density at radius 3 is 3.05 bits per heavy atom. The summed E-state index contributed by atoms with van der Waals surface area (Å²) in [5.41, 5.74) is 0.0689. The second-order valence-corrected chi connectivity index (χ2v) is 7.52. The summed E-state index contributed by atoms with van der Waals surface area (Å²) in [6.07, 6.45) is 2.94. The van der Waals surface area contributed by atoms with Gasteiger partial charge in [0.1, 0.15) is 5.01 Å². The molecular weight excluding hydrogens is 300 g/mol. The lowest BCUT2D eigenvalue weighted by Gasteiger charge is -2.33. The third-order valence-electron chi connectivity index (χ3n) is 4.45. The maximum absolute atomic E-state index is 12.3. The van der Waals surface area contributed by atoms with E-state index in [-0.39, 0.29) is 11.4 Å². The number of rotatable bonds is 2. The molecule has 2 aliphatic heterocycles. The quantitative estimate of drug-likeness (QED) is 0.824. The van der Waals surface area contributed by atoms with E-state index in [1.807, 2.05) is 30.6 Å². The van der Waals surface area contributed by atoms with Gasteiger partial charge >= 0.3 is 6.03 Å². The Bertz CT molecular complexity index is 508. The summed E-state index contributed by atoms with van der Waals surface area (Å²) in [4.78, 5) is 22.7. The average molecular weight is 324 g/mol. The van der Waals surface area contributed by atoms with Crippen LogP contribution in [0.15, 0.2) is 11.6 Å². The lowest BCUT2D eigenvalue weighted by Crippen LogP contribution is -2.46. The topological polar surface area (TPSA) is 48.9 Å². The molecule has 1 aromatic heterocycles. The van der Waals surface area contributed by atoms with E-state index in [0.717, 1.165) is 44.2 Å². The number of nitrogens with zero attached hydrogens (tertiary/aromatic N) is 4. The Morgan fingerprint density at radius 2 is 2.32 bits per heavy atom. The molecule has 0 saturated carbocycles. The monoisotopic (exact) mass is 324 g/mol. The summed E-state index contributed by atoms with van der Waals surface area (Å²) in [6.45, 7) is 5.79. The summed E-state index contributed by atoms with van der Waals surface area (Å²) in [5.74, 6) is 0. The Kier molecular flexibility index (Phi) is 4.65. The Balaban J connectivity index is 1.65. The van der Waals surface area contributed by atoms with Crippen molar-refractivity contribution in [2.75, 3.05) is 53.5 Å². The first-order chi connectivity index (χ1) is 10.6. The highest BCUT2D eigenvalue weighted by Crippen LogP contribution is 2.34. The molecule has 1 spiro atoms. The number of carbonyl (C=O) groups excluding carboxylic acids is 1. The van der Waals surface area contributed by atoms with Crippen LogP contribution in [-0.2, 0) is 11.3 Å². The number of likely N-dealkylation sites (tertiary alicyclic amines) is 1. The number of hydrogen-bond acceptors (Lipinski definition) is 5. The summed E-state index contributed by atoms with van der Waals surface area (Å²) in [6, 6.07) is 0.0863. The van der Waals surface area contributed by atoms with Crippen LogP contribution >= 0.6 is 11.3 Å². The number of aromatic nitrogens is 1. The zero-order chi connectivity index (χ0) is 15.6. The zero-order valence-electron chi connectivity index (χ0n) is 13.3. The van der Waals surface area contributed by atoms with Crippen molar-refractivity contribution >= 4 is 17.4 Å². The van der Waals surface area contributed by atoms with Gasteiger partial charge in [0, 0.05) is 50.7 Å². The maximum atomic E-state index is 12.3. The van der Waals surface area contributed by atoms with Crippen molar-refractivity contribution < 1.29 is 9.53 Å². The van der Waals surface area contributed by atoms with E-state index in [4.69, 9.17) is 4.74 Å². The van der Waals surface area contributed by atoms with E-state index in [2.05, 4.69) is 9.88 Å². The van der Waals surface area contributed by atoms with E-state index in [9.17, 15) is 4.79 Å². The molecule has 1 atom stereocenters. The van der Waals surface area contributed by atoms with Gasteiger partial charge in [-0.15, -0.1) is 11.3 Å². The first-order valence-electron chi connectivity index (χ1n) is 7.73. The third kappa shape index (κ3) is 3.42. The SMILES string of the molecule is CN(C)C(=O)N1CCOC[C@@]2(CCN(Cc3nccs3)C2)C1. The van der Waals surface area contributed by atoms with Gasteiger partial charge in [-0.2, -0.15) is 0 Å². The highest BCUT2D eigenvalue weighted by atomic mass is 32.1. The van der Waals surface area contributed by atoms with Crippen LogP contribution in [0.25, 0.3) is 0 Å². The van der Waals surface area contributed by atoms with Crippen LogP contribution in [-0.4, -0.2) is 79.2 Å². The van der Waals surface area contributed by atoms with Gasteiger partial charge in [0.15, 0.2) is 0 Å². The molecule has 2 saturated heterocycles. The Morgan fingerprint density at radius 1 is 1.45 bits per heavy atom. The summed E-state index contributed by atoms with van der Waals surface area (Å²) in [7, 11) is 3.62. The Hall–Kier alpha value is -1.18. The first kappa shape index (κ1) is 15.7. The Labute approximate surface area is 135 Å². The molecule has 0 radical (unpaired) electrons. The second kappa shape index (κ2) is 6.52. The molecule has 0 N–H and O–H groups in total. The fraction of sp³-hybridized carbons (Fsp3) is 0.733. The number of ether oxygens (including phenoxy) is 1. The predicted molar refractivity (Wildman–Crippen MR) is 85.9 cm³/mol. The van der Waals surface area contributed by atoms with Gasteiger partial charge in [-0.3, -0.25) is 4.90 Å². The fourth-order valence-electron chi connectivity index (χ4n) is 3.37. The molecule has 22 heavy (non-hydrogen) atoms. The largest absolute Gasteiger partial charge is 0.379 e. The molecule has 2 aliphatic rings. The minimum absolute atomic E-state index is 0.0689. The molecule has 3 rings (SSSR count). The van der Waals surface area contributed by atoms with Crippen molar-refractivity contribution in [1.29, 1.82) is 0 Å². The first-order valence-corrected chi connectivity index (χ1v) is 8.61. The molecule has 1 aromatic rings. The minimum Gasteiger partial charge on any atom is -0.379 e. The highest BCUT2D eigenvalue weighted by Gasteiger charge is 2.42. The van der Waals surface area contributed by atoms with Crippen LogP contribution in [0, 0.1) is 5.41 Å². The van der Waals surface area contributed by atoms with Crippen molar-refractivity contribution in [1.82, 2.24) is 19.7 Å². The third-order valence-corrected chi connectivity index (χ3v) is 5.22. The van der Waals surface area contributed by atoms with Gasteiger partial charge in [-0.05, 0) is 13.0 Å². The standard InChI is InChI=1S/C15H24N4O2S/c1-17(2)14(20)19-6-7-21-12-15(11-19)3-5-18(10-15)9-13-16-4-8-22-13/h4,8H,3,5-7,9-12H2,1-2H3/t15-/m1/s1. The number of thiazole rings is 1. The molecule has 7 heteroatoms. The molecule has 0 bridgehead atoms. The number of hydrogen-bond donors (Lipinski definition) is 0. The van der Waals surface area contributed by atoms with Gasteiger partial charge in [0.05, 0.1) is 19.8 Å². The average Bonchev–Trinajstić information content (AvgIpc) is 3.07. The number of carbonyl (C=O) groups is 1. The van der Waals surface area contributed by atoms with Crippen LogP contribution in [0.5, 0.6) is 0 Å². The summed E-state index contributed by atoms with van der Waals surface area (Å²) in [5, 5.41) is 3.18. The van der Waals surface area contributed by atoms with Gasteiger partial charge in [-0.1, -0.05) is 0 Å². The molecule has 0 aromatic carbocycles. The molecular formula is C15H24N4O2S. The van der Waals surface area contributed by atoms with Gasteiger partial charge in [-0.25, -0.2) is 9.78 Å². The van der Waals surface area contributed by atoms with Gasteiger partial charge < -0.3 is 14.5 Å². The molecule has 2 fully saturated rings.